The summed E-state index contributed by atoms with van der Waals surface area (Å²) >= 11 is 0. The minimum atomic E-state index is -0.0695. The first kappa shape index (κ1) is 10.9. The van der Waals surface area contributed by atoms with E-state index in [9.17, 15) is 0 Å². The molecule has 0 spiro atoms. The topological polar surface area (TPSA) is 18.5 Å². The number of rotatable bonds is 6. The summed E-state index contributed by atoms with van der Waals surface area (Å²) in [5, 5.41) is 0. The van der Waals surface area contributed by atoms with Gasteiger partial charge in [-0.15, -0.1) is 0 Å². The Labute approximate surface area is 69.9 Å². The van der Waals surface area contributed by atoms with Gasteiger partial charge in [-0.1, -0.05) is 20.8 Å². The molecular formula is C9H19O2. The van der Waals surface area contributed by atoms with Crippen LogP contribution in [0.25, 0.3) is 0 Å². The van der Waals surface area contributed by atoms with E-state index in [-0.39, 0.29) is 6.29 Å². The van der Waals surface area contributed by atoms with Crippen molar-refractivity contribution in [2.24, 2.45) is 5.92 Å². The van der Waals surface area contributed by atoms with Gasteiger partial charge in [-0.2, -0.15) is 0 Å². The van der Waals surface area contributed by atoms with Crippen LogP contribution in [-0.2, 0) is 9.47 Å². The summed E-state index contributed by atoms with van der Waals surface area (Å²) in [6, 6.07) is 0. The minimum Gasteiger partial charge on any atom is -0.352 e. The lowest BCUT2D eigenvalue weighted by Crippen LogP contribution is -2.22. The summed E-state index contributed by atoms with van der Waals surface area (Å²) in [7, 11) is 0. The lowest BCUT2D eigenvalue weighted by molar-refractivity contribution is -0.144. The Balaban J connectivity index is 3.51. The highest BCUT2D eigenvalue weighted by molar-refractivity contribution is 4.52. The molecule has 2 heteroatoms. The fraction of sp³-hybridized carbons (Fsp3) is 0.889. The smallest absolute Gasteiger partial charge is 0.160 e. The Morgan fingerprint density at radius 1 is 1.36 bits per heavy atom. The third kappa shape index (κ3) is 5.22. The van der Waals surface area contributed by atoms with Crippen LogP contribution in [0.5, 0.6) is 0 Å². The molecule has 0 amide bonds. The van der Waals surface area contributed by atoms with E-state index in [1.807, 2.05) is 6.92 Å². The Morgan fingerprint density at radius 3 is 2.36 bits per heavy atom. The predicted molar refractivity (Wildman–Crippen MR) is 45.9 cm³/mol. The van der Waals surface area contributed by atoms with Crippen molar-refractivity contribution in [2.75, 3.05) is 6.61 Å². The fourth-order valence-corrected chi connectivity index (χ4v) is 0.757. The first-order valence-electron chi connectivity index (χ1n) is 4.27. The number of ether oxygens (including phenoxy) is 2. The van der Waals surface area contributed by atoms with Crippen LogP contribution in [0.3, 0.4) is 0 Å². The molecule has 1 atom stereocenters. The highest BCUT2D eigenvalue weighted by Crippen LogP contribution is 2.09. The molecule has 1 unspecified atom stereocenters. The molecule has 0 rings (SSSR count). The monoisotopic (exact) mass is 159 g/mol. The molecule has 0 aromatic rings. The summed E-state index contributed by atoms with van der Waals surface area (Å²) in [4.78, 5) is 0. The van der Waals surface area contributed by atoms with Crippen molar-refractivity contribution in [3.8, 4) is 0 Å². The predicted octanol–water partition coefficient (Wildman–Crippen LogP) is 2.59. The molecule has 1 radical (unpaired) electrons. The van der Waals surface area contributed by atoms with E-state index in [0.717, 1.165) is 13.0 Å². The summed E-state index contributed by atoms with van der Waals surface area (Å²) in [5.74, 6) is 0.415. The van der Waals surface area contributed by atoms with Gasteiger partial charge in [-0.3, -0.25) is 0 Å². The largest absolute Gasteiger partial charge is 0.352 e. The summed E-state index contributed by atoms with van der Waals surface area (Å²) in [5.41, 5.74) is 0. The quantitative estimate of drug-likeness (QED) is 0.554. The van der Waals surface area contributed by atoms with E-state index < -0.39 is 0 Å². The van der Waals surface area contributed by atoms with E-state index in [1.165, 1.54) is 0 Å². The van der Waals surface area contributed by atoms with Gasteiger partial charge in [0.25, 0.3) is 0 Å². The average molecular weight is 159 g/mol. The van der Waals surface area contributed by atoms with Crippen molar-refractivity contribution >= 4 is 0 Å². The van der Waals surface area contributed by atoms with Crippen LogP contribution in [0, 0.1) is 12.5 Å². The molecule has 67 valence electrons. The zero-order valence-electron chi connectivity index (χ0n) is 7.96. The molecule has 0 heterocycles. The maximum atomic E-state index is 5.44. The first-order chi connectivity index (χ1) is 5.22. The number of hydrogen-bond donors (Lipinski definition) is 0. The first-order valence-corrected chi connectivity index (χ1v) is 4.27. The third-order valence-corrected chi connectivity index (χ3v) is 1.30. The van der Waals surface area contributed by atoms with E-state index in [2.05, 4.69) is 20.8 Å². The fourth-order valence-electron chi connectivity index (χ4n) is 0.757. The van der Waals surface area contributed by atoms with Gasteiger partial charge < -0.3 is 9.47 Å². The van der Waals surface area contributed by atoms with Crippen LogP contribution in [0.1, 0.15) is 34.1 Å². The van der Waals surface area contributed by atoms with E-state index in [0.29, 0.717) is 5.92 Å². The SMILES string of the molecule is C[CH]OC(OCCC)C(C)C. The zero-order valence-corrected chi connectivity index (χ0v) is 7.96. The summed E-state index contributed by atoms with van der Waals surface area (Å²) < 4.78 is 10.7. The summed E-state index contributed by atoms with van der Waals surface area (Å²) in [6.07, 6.45) is 0.968. The second-order valence-electron chi connectivity index (χ2n) is 2.85. The van der Waals surface area contributed by atoms with Crippen molar-refractivity contribution in [3.05, 3.63) is 6.61 Å². The van der Waals surface area contributed by atoms with Crippen molar-refractivity contribution < 1.29 is 9.47 Å². The van der Waals surface area contributed by atoms with Gasteiger partial charge in [0.1, 0.15) is 0 Å². The molecule has 0 aromatic heterocycles. The Morgan fingerprint density at radius 2 is 2.00 bits per heavy atom. The maximum absolute atomic E-state index is 5.44. The van der Waals surface area contributed by atoms with Gasteiger partial charge >= 0.3 is 0 Å². The molecule has 0 aliphatic heterocycles. The zero-order chi connectivity index (χ0) is 8.69. The van der Waals surface area contributed by atoms with Crippen LogP contribution in [-0.4, -0.2) is 12.9 Å². The van der Waals surface area contributed by atoms with Crippen molar-refractivity contribution in [3.63, 3.8) is 0 Å². The molecule has 2 nitrogen and oxygen atoms in total. The van der Waals surface area contributed by atoms with E-state index in [1.54, 1.807) is 6.61 Å². The van der Waals surface area contributed by atoms with E-state index in [4.69, 9.17) is 9.47 Å². The second kappa shape index (κ2) is 6.62. The normalized spacial score (nSPS) is 13.9. The van der Waals surface area contributed by atoms with Crippen LogP contribution in [0.4, 0.5) is 0 Å². The Bertz CT molecular complexity index is 81.6. The van der Waals surface area contributed by atoms with Gasteiger partial charge in [0.05, 0.1) is 6.61 Å². The van der Waals surface area contributed by atoms with Crippen LogP contribution in [0.2, 0.25) is 0 Å². The van der Waals surface area contributed by atoms with Crippen molar-refractivity contribution in [2.45, 2.75) is 40.4 Å². The molecule has 0 aromatic carbocycles. The van der Waals surface area contributed by atoms with Crippen molar-refractivity contribution in [1.82, 2.24) is 0 Å². The van der Waals surface area contributed by atoms with E-state index >= 15 is 0 Å². The van der Waals surface area contributed by atoms with Gasteiger partial charge in [0, 0.05) is 12.5 Å². The Kier molecular flexibility index (Phi) is 6.57. The van der Waals surface area contributed by atoms with Crippen LogP contribution in [0.15, 0.2) is 0 Å². The average Bonchev–Trinajstić information content (AvgIpc) is 1.97. The molecular weight excluding hydrogens is 140 g/mol. The molecule has 0 aliphatic carbocycles. The molecule has 11 heavy (non-hydrogen) atoms. The lowest BCUT2D eigenvalue weighted by Gasteiger charge is -2.20. The highest BCUT2D eigenvalue weighted by atomic mass is 16.7. The van der Waals surface area contributed by atoms with Gasteiger partial charge in [-0.05, 0) is 13.3 Å². The standard InChI is InChI=1S/C9H19O2/c1-5-7-11-9(8(3)4)10-6-2/h6,8-9H,5,7H2,1-4H3. The van der Waals surface area contributed by atoms with Gasteiger partial charge in [0.15, 0.2) is 6.29 Å². The molecule has 0 saturated heterocycles. The second-order valence-corrected chi connectivity index (χ2v) is 2.85. The van der Waals surface area contributed by atoms with Gasteiger partial charge in [0.2, 0.25) is 0 Å². The van der Waals surface area contributed by atoms with Crippen molar-refractivity contribution in [1.29, 1.82) is 0 Å². The highest BCUT2D eigenvalue weighted by Gasteiger charge is 2.12. The van der Waals surface area contributed by atoms with Crippen LogP contribution < -0.4 is 0 Å². The van der Waals surface area contributed by atoms with Gasteiger partial charge in [-0.25, -0.2) is 0 Å². The van der Waals surface area contributed by atoms with Crippen LogP contribution >= 0.6 is 0 Å². The Hall–Kier alpha value is -0.0800. The minimum absolute atomic E-state index is 0.0695. The molecule has 0 aliphatic rings. The number of hydrogen-bond acceptors (Lipinski definition) is 2. The molecule has 0 N–H and O–H groups in total. The molecule has 0 saturated carbocycles. The molecule has 0 bridgehead atoms. The lowest BCUT2D eigenvalue weighted by atomic mass is 10.2. The molecule has 0 fully saturated rings. The maximum Gasteiger partial charge on any atom is 0.160 e. The summed E-state index contributed by atoms with van der Waals surface area (Å²) in [6.45, 7) is 10.6. The third-order valence-electron chi connectivity index (χ3n) is 1.30.